The third kappa shape index (κ3) is 10.1. The molecule has 3 aromatic rings. The SMILES string of the molecule is CC(C)C[C@H](NC(=O)c1ccco1)C(=O)C[C@H](Cc1ccc(OCc2ccccc2)cc1)C(=O)OC(C)(C)C. The van der Waals surface area contributed by atoms with Gasteiger partial charge in [-0.05, 0) is 74.9 Å². The summed E-state index contributed by atoms with van der Waals surface area (Å²) in [5.41, 5.74) is 1.25. The average Bonchev–Trinajstić information content (AvgIpc) is 3.42. The molecule has 0 bridgehead atoms. The Morgan fingerprint density at radius 2 is 1.59 bits per heavy atom. The molecule has 1 amide bonds. The number of hydrogen-bond donors (Lipinski definition) is 1. The van der Waals surface area contributed by atoms with Crippen LogP contribution in [0.1, 0.15) is 69.1 Å². The fraction of sp³-hybridized carbons (Fsp3) is 0.406. The predicted octanol–water partition coefficient (Wildman–Crippen LogP) is 6.16. The Morgan fingerprint density at radius 3 is 2.18 bits per heavy atom. The van der Waals surface area contributed by atoms with Crippen LogP contribution in [-0.2, 0) is 27.4 Å². The van der Waals surface area contributed by atoms with Crippen molar-refractivity contribution in [3.63, 3.8) is 0 Å². The topological polar surface area (TPSA) is 94.8 Å². The van der Waals surface area contributed by atoms with Gasteiger partial charge in [-0.3, -0.25) is 14.4 Å². The van der Waals surface area contributed by atoms with Crippen molar-refractivity contribution in [2.24, 2.45) is 11.8 Å². The van der Waals surface area contributed by atoms with E-state index in [0.29, 0.717) is 25.2 Å². The summed E-state index contributed by atoms with van der Waals surface area (Å²) in [7, 11) is 0. The molecule has 2 aromatic carbocycles. The number of carbonyl (C=O) groups excluding carboxylic acids is 3. The van der Waals surface area contributed by atoms with Crippen LogP contribution in [-0.4, -0.2) is 29.3 Å². The van der Waals surface area contributed by atoms with Crippen LogP contribution in [0.25, 0.3) is 0 Å². The second-order valence-corrected chi connectivity index (χ2v) is 11.2. The fourth-order valence-electron chi connectivity index (χ4n) is 4.14. The molecule has 0 radical (unpaired) electrons. The van der Waals surface area contributed by atoms with E-state index < -0.39 is 29.4 Å². The number of rotatable bonds is 13. The van der Waals surface area contributed by atoms with Crippen LogP contribution in [0, 0.1) is 11.8 Å². The third-order valence-corrected chi connectivity index (χ3v) is 5.99. The van der Waals surface area contributed by atoms with Gasteiger partial charge in [-0.25, -0.2) is 0 Å². The maximum atomic E-state index is 13.5. The van der Waals surface area contributed by atoms with Crippen molar-refractivity contribution in [1.82, 2.24) is 5.32 Å². The number of ketones is 1. The number of nitrogens with one attached hydrogen (secondary N) is 1. The highest BCUT2D eigenvalue weighted by Crippen LogP contribution is 2.23. The third-order valence-electron chi connectivity index (χ3n) is 5.99. The van der Waals surface area contributed by atoms with Gasteiger partial charge >= 0.3 is 5.97 Å². The summed E-state index contributed by atoms with van der Waals surface area (Å²) >= 11 is 0. The molecule has 1 aromatic heterocycles. The summed E-state index contributed by atoms with van der Waals surface area (Å²) < 4.78 is 16.7. The number of esters is 1. The minimum absolute atomic E-state index is 0.0585. The van der Waals surface area contributed by atoms with Crippen molar-refractivity contribution in [3.05, 3.63) is 89.9 Å². The normalized spacial score (nSPS) is 13.0. The summed E-state index contributed by atoms with van der Waals surface area (Å²) in [6, 6.07) is 19.8. The van der Waals surface area contributed by atoms with Gasteiger partial charge in [-0.2, -0.15) is 0 Å². The fourth-order valence-corrected chi connectivity index (χ4v) is 4.14. The number of carbonyl (C=O) groups is 3. The van der Waals surface area contributed by atoms with E-state index in [1.165, 1.54) is 6.26 Å². The van der Waals surface area contributed by atoms with E-state index in [4.69, 9.17) is 13.9 Å². The van der Waals surface area contributed by atoms with Crippen LogP contribution in [0.4, 0.5) is 0 Å². The first-order chi connectivity index (χ1) is 18.5. The molecule has 7 nitrogen and oxygen atoms in total. The molecule has 3 rings (SSSR count). The number of amides is 1. The van der Waals surface area contributed by atoms with Crippen LogP contribution in [0.5, 0.6) is 5.75 Å². The van der Waals surface area contributed by atoms with Crippen LogP contribution in [0.3, 0.4) is 0 Å². The molecular weight excluding hydrogens is 494 g/mol. The molecule has 0 saturated heterocycles. The molecule has 208 valence electrons. The van der Waals surface area contributed by atoms with Gasteiger partial charge in [0.2, 0.25) is 0 Å². The lowest BCUT2D eigenvalue weighted by molar-refractivity contribution is -0.161. The zero-order valence-electron chi connectivity index (χ0n) is 23.4. The molecule has 0 saturated carbocycles. The minimum atomic E-state index is -0.749. The molecule has 2 atom stereocenters. The van der Waals surface area contributed by atoms with Crippen molar-refractivity contribution in [3.8, 4) is 5.75 Å². The van der Waals surface area contributed by atoms with Crippen molar-refractivity contribution in [2.45, 2.75) is 72.1 Å². The van der Waals surface area contributed by atoms with E-state index in [2.05, 4.69) is 5.32 Å². The number of benzene rings is 2. The van der Waals surface area contributed by atoms with Crippen LogP contribution in [0.2, 0.25) is 0 Å². The Labute approximate surface area is 230 Å². The largest absolute Gasteiger partial charge is 0.489 e. The second kappa shape index (κ2) is 13.8. The molecule has 0 unspecified atom stereocenters. The number of hydrogen-bond acceptors (Lipinski definition) is 6. The van der Waals surface area contributed by atoms with Gasteiger partial charge in [-0.15, -0.1) is 0 Å². The Kier molecular flexibility index (Phi) is 10.5. The number of Topliss-reactive ketones (excluding diaryl/α,β-unsaturated/α-hetero) is 1. The second-order valence-electron chi connectivity index (χ2n) is 11.2. The maximum Gasteiger partial charge on any atom is 0.310 e. The number of furan rings is 1. The van der Waals surface area contributed by atoms with Crippen molar-refractivity contribution in [1.29, 1.82) is 0 Å². The van der Waals surface area contributed by atoms with Gasteiger partial charge in [0, 0.05) is 6.42 Å². The Bertz CT molecular complexity index is 1190. The first-order valence-electron chi connectivity index (χ1n) is 13.4. The monoisotopic (exact) mass is 533 g/mol. The lowest BCUT2D eigenvalue weighted by Crippen LogP contribution is -2.43. The van der Waals surface area contributed by atoms with Gasteiger partial charge in [0.1, 0.15) is 18.0 Å². The van der Waals surface area contributed by atoms with E-state index in [1.807, 2.05) is 68.4 Å². The Morgan fingerprint density at radius 1 is 0.897 bits per heavy atom. The maximum absolute atomic E-state index is 13.5. The van der Waals surface area contributed by atoms with Crippen LogP contribution >= 0.6 is 0 Å². The molecule has 39 heavy (non-hydrogen) atoms. The zero-order valence-corrected chi connectivity index (χ0v) is 23.4. The summed E-state index contributed by atoms with van der Waals surface area (Å²) in [6.45, 7) is 9.81. The van der Waals surface area contributed by atoms with E-state index in [1.54, 1.807) is 32.9 Å². The number of ether oxygens (including phenoxy) is 2. The smallest absolute Gasteiger partial charge is 0.310 e. The first kappa shape index (κ1) is 29.7. The molecule has 0 fully saturated rings. The predicted molar refractivity (Wildman–Crippen MR) is 149 cm³/mol. The van der Waals surface area contributed by atoms with E-state index in [0.717, 1.165) is 11.1 Å². The molecule has 0 spiro atoms. The highest BCUT2D eigenvalue weighted by atomic mass is 16.6. The van der Waals surface area contributed by atoms with Gasteiger partial charge in [0.05, 0.1) is 18.2 Å². The van der Waals surface area contributed by atoms with Gasteiger partial charge < -0.3 is 19.2 Å². The first-order valence-corrected chi connectivity index (χ1v) is 13.4. The summed E-state index contributed by atoms with van der Waals surface area (Å²) in [4.78, 5) is 39.2. The molecular formula is C32H39NO6. The quantitative estimate of drug-likeness (QED) is 0.264. The molecule has 7 heteroatoms. The van der Waals surface area contributed by atoms with Crippen molar-refractivity contribution in [2.75, 3.05) is 0 Å². The lowest BCUT2D eigenvalue weighted by Gasteiger charge is -2.25. The standard InChI is InChI=1S/C32H39NO6/c1-22(2)18-27(33-30(35)29-12-9-17-37-29)28(34)20-25(31(36)39-32(3,4)5)19-23-13-15-26(16-14-23)38-21-24-10-7-6-8-11-24/h6-17,22,25,27H,18-21H2,1-5H3,(H,33,35)/t25-,27-/m0/s1. The highest BCUT2D eigenvalue weighted by molar-refractivity contribution is 5.96. The molecule has 0 aliphatic rings. The zero-order chi connectivity index (χ0) is 28.4. The lowest BCUT2D eigenvalue weighted by atomic mass is 9.89. The van der Waals surface area contributed by atoms with E-state index in [-0.39, 0.29) is 23.9 Å². The van der Waals surface area contributed by atoms with E-state index in [9.17, 15) is 14.4 Å². The van der Waals surface area contributed by atoms with Crippen molar-refractivity contribution < 1.29 is 28.3 Å². The summed E-state index contributed by atoms with van der Waals surface area (Å²) in [6.07, 6.45) is 2.11. The van der Waals surface area contributed by atoms with Crippen LogP contribution in [0.15, 0.2) is 77.4 Å². The Balaban J connectivity index is 1.71. The van der Waals surface area contributed by atoms with E-state index >= 15 is 0 Å². The molecule has 0 aliphatic carbocycles. The molecule has 1 N–H and O–H groups in total. The highest BCUT2D eigenvalue weighted by Gasteiger charge is 2.31. The molecule has 1 heterocycles. The van der Waals surface area contributed by atoms with Crippen LogP contribution < -0.4 is 10.1 Å². The average molecular weight is 534 g/mol. The van der Waals surface area contributed by atoms with Gasteiger partial charge in [-0.1, -0.05) is 56.3 Å². The van der Waals surface area contributed by atoms with Gasteiger partial charge in [0.25, 0.3) is 5.91 Å². The van der Waals surface area contributed by atoms with Crippen molar-refractivity contribution >= 4 is 17.7 Å². The summed E-state index contributed by atoms with van der Waals surface area (Å²) in [5, 5.41) is 2.79. The van der Waals surface area contributed by atoms with Gasteiger partial charge in [0.15, 0.2) is 11.5 Å². The minimum Gasteiger partial charge on any atom is -0.489 e. The summed E-state index contributed by atoms with van der Waals surface area (Å²) in [5.74, 6) is -0.829. The molecule has 0 aliphatic heterocycles. The Hall–Kier alpha value is -3.87.